The van der Waals surface area contributed by atoms with Gasteiger partial charge in [0.05, 0.1) is 13.2 Å². The fraction of sp³-hybridized carbons (Fsp3) is 0.913. The summed E-state index contributed by atoms with van der Waals surface area (Å²) >= 11 is 0. The molecule has 1 heterocycles. The van der Waals surface area contributed by atoms with Crippen molar-refractivity contribution in [1.29, 1.82) is 0 Å². The van der Waals surface area contributed by atoms with Crippen molar-refractivity contribution in [2.45, 2.75) is 115 Å². The third-order valence-electron chi connectivity index (χ3n) is 5.44. The van der Waals surface area contributed by atoms with Crippen molar-refractivity contribution < 1.29 is 24.8 Å². The minimum Gasteiger partial charge on any atom is -0.388 e. The maximum Gasteiger partial charge on any atom is 0.111 e. The average molecular weight is 401 g/mol. The third kappa shape index (κ3) is 12.2. The molecule has 0 aromatic heterocycles. The van der Waals surface area contributed by atoms with Gasteiger partial charge in [-0.3, -0.25) is 0 Å². The first-order chi connectivity index (χ1) is 13.7. The van der Waals surface area contributed by atoms with E-state index in [1.807, 2.05) is 0 Å². The van der Waals surface area contributed by atoms with Crippen LogP contribution in [0.3, 0.4) is 0 Å². The molecular weight excluding hydrogens is 356 g/mol. The molecule has 0 saturated carbocycles. The van der Waals surface area contributed by atoms with Gasteiger partial charge >= 0.3 is 0 Å². The predicted octanol–water partition coefficient (Wildman–Crippen LogP) is 4.13. The highest BCUT2D eigenvalue weighted by molar-refractivity contribution is 4.86. The molecule has 1 aliphatic heterocycles. The van der Waals surface area contributed by atoms with Crippen molar-refractivity contribution in [2.75, 3.05) is 19.8 Å². The SMILES string of the molecule is CCCCCCCCCC/C=C/CCCCCOC[C@@H]1OC[C@@H](O)[C@H](O)[C@H]1O. The summed E-state index contributed by atoms with van der Waals surface area (Å²) in [5.74, 6) is 0. The Bertz CT molecular complexity index is 374. The number of aliphatic hydroxyl groups excluding tert-OH is 3. The number of hydrogen-bond donors (Lipinski definition) is 3. The molecule has 166 valence electrons. The molecule has 0 bridgehead atoms. The Morgan fingerprint density at radius 2 is 1.36 bits per heavy atom. The molecule has 0 unspecified atom stereocenters. The fourth-order valence-corrected chi connectivity index (χ4v) is 3.49. The molecule has 0 radical (unpaired) electrons. The van der Waals surface area contributed by atoms with Crippen LogP contribution in [0.15, 0.2) is 12.2 Å². The van der Waals surface area contributed by atoms with Crippen LogP contribution < -0.4 is 0 Å². The lowest BCUT2D eigenvalue weighted by Gasteiger charge is -2.35. The number of rotatable bonds is 17. The summed E-state index contributed by atoms with van der Waals surface area (Å²) in [5.41, 5.74) is 0. The lowest BCUT2D eigenvalue weighted by atomic mass is 10.0. The van der Waals surface area contributed by atoms with E-state index in [-0.39, 0.29) is 13.2 Å². The molecule has 0 aromatic rings. The molecule has 0 aliphatic carbocycles. The van der Waals surface area contributed by atoms with Crippen molar-refractivity contribution in [1.82, 2.24) is 0 Å². The highest BCUT2D eigenvalue weighted by atomic mass is 16.6. The first-order valence-corrected chi connectivity index (χ1v) is 11.5. The van der Waals surface area contributed by atoms with Gasteiger partial charge in [0.15, 0.2) is 0 Å². The standard InChI is InChI=1S/C23H44O5/c1-2-3-4-5-6-7-8-9-10-11-12-13-14-15-16-17-27-19-21-23(26)22(25)20(24)18-28-21/h11-12,20-26H,2-10,13-19H2,1H3/b12-11+/t20-,21+,22+,23+/m1/s1. The van der Waals surface area contributed by atoms with Crippen LogP contribution in [-0.4, -0.2) is 59.6 Å². The van der Waals surface area contributed by atoms with Gasteiger partial charge in [-0.15, -0.1) is 0 Å². The van der Waals surface area contributed by atoms with E-state index in [0.29, 0.717) is 6.61 Å². The fourth-order valence-electron chi connectivity index (χ4n) is 3.49. The molecule has 3 N–H and O–H groups in total. The van der Waals surface area contributed by atoms with Gasteiger partial charge in [0.1, 0.15) is 24.4 Å². The van der Waals surface area contributed by atoms with E-state index < -0.39 is 24.4 Å². The van der Waals surface area contributed by atoms with E-state index in [4.69, 9.17) is 9.47 Å². The molecule has 1 saturated heterocycles. The van der Waals surface area contributed by atoms with E-state index in [1.165, 1.54) is 64.2 Å². The van der Waals surface area contributed by atoms with Crippen molar-refractivity contribution in [3.05, 3.63) is 12.2 Å². The smallest absolute Gasteiger partial charge is 0.111 e. The molecule has 28 heavy (non-hydrogen) atoms. The Hall–Kier alpha value is -0.460. The molecule has 0 aromatic carbocycles. The summed E-state index contributed by atoms with van der Waals surface area (Å²) in [5, 5.41) is 28.8. The van der Waals surface area contributed by atoms with Gasteiger partial charge in [0.25, 0.3) is 0 Å². The number of ether oxygens (including phenoxy) is 2. The molecule has 0 spiro atoms. The van der Waals surface area contributed by atoms with Gasteiger partial charge in [0, 0.05) is 6.61 Å². The van der Waals surface area contributed by atoms with Crippen LogP contribution in [0, 0.1) is 0 Å². The van der Waals surface area contributed by atoms with Gasteiger partial charge < -0.3 is 24.8 Å². The van der Waals surface area contributed by atoms with Gasteiger partial charge in [0.2, 0.25) is 0 Å². The maximum atomic E-state index is 9.82. The Morgan fingerprint density at radius 1 is 0.786 bits per heavy atom. The van der Waals surface area contributed by atoms with E-state index in [9.17, 15) is 15.3 Å². The van der Waals surface area contributed by atoms with Crippen molar-refractivity contribution in [3.8, 4) is 0 Å². The zero-order chi connectivity index (χ0) is 20.5. The largest absolute Gasteiger partial charge is 0.388 e. The molecule has 4 atom stereocenters. The summed E-state index contributed by atoms with van der Waals surface area (Å²) in [6, 6.07) is 0. The molecular formula is C23H44O5. The second-order valence-electron chi connectivity index (χ2n) is 8.08. The maximum absolute atomic E-state index is 9.82. The molecule has 1 fully saturated rings. The normalized spacial score (nSPS) is 25.6. The zero-order valence-corrected chi connectivity index (χ0v) is 17.9. The third-order valence-corrected chi connectivity index (χ3v) is 5.44. The Labute approximate surface area is 172 Å². The molecule has 1 rings (SSSR count). The monoisotopic (exact) mass is 400 g/mol. The van der Waals surface area contributed by atoms with Crippen molar-refractivity contribution >= 4 is 0 Å². The highest BCUT2D eigenvalue weighted by Gasteiger charge is 2.37. The van der Waals surface area contributed by atoms with Gasteiger partial charge in [-0.05, 0) is 32.1 Å². The summed E-state index contributed by atoms with van der Waals surface area (Å²) in [7, 11) is 0. The van der Waals surface area contributed by atoms with Crippen LogP contribution in [0.4, 0.5) is 0 Å². The molecule has 1 aliphatic rings. The van der Waals surface area contributed by atoms with Crippen LogP contribution in [0.2, 0.25) is 0 Å². The van der Waals surface area contributed by atoms with Crippen LogP contribution in [0.25, 0.3) is 0 Å². The molecule has 5 heteroatoms. The number of hydrogen-bond acceptors (Lipinski definition) is 5. The van der Waals surface area contributed by atoms with E-state index in [0.717, 1.165) is 19.3 Å². The number of allylic oxidation sites excluding steroid dienone is 2. The quantitative estimate of drug-likeness (QED) is 0.253. The van der Waals surface area contributed by atoms with Crippen LogP contribution in [-0.2, 0) is 9.47 Å². The minimum absolute atomic E-state index is 0.0392. The minimum atomic E-state index is -1.15. The van der Waals surface area contributed by atoms with E-state index >= 15 is 0 Å². The van der Waals surface area contributed by atoms with Crippen molar-refractivity contribution in [2.24, 2.45) is 0 Å². The van der Waals surface area contributed by atoms with Crippen LogP contribution in [0.5, 0.6) is 0 Å². The summed E-state index contributed by atoms with van der Waals surface area (Å²) in [4.78, 5) is 0. The molecule has 5 nitrogen and oxygen atoms in total. The van der Waals surface area contributed by atoms with Gasteiger partial charge in [-0.1, -0.05) is 70.4 Å². The van der Waals surface area contributed by atoms with E-state index in [1.54, 1.807) is 0 Å². The molecule has 0 amide bonds. The Kier molecular flexibility index (Phi) is 15.9. The lowest BCUT2D eigenvalue weighted by molar-refractivity contribution is -0.199. The summed E-state index contributed by atoms with van der Waals surface area (Å²) in [6.07, 6.45) is 17.4. The Morgan fingerprint density at radius 3 is 2.00 bits per heavy atom. The number of unbranched alkanes of at least 4 members (excludes halogenated alkanes) is 11. The topological polar surface area (TPSA) is 79.2 Å². The van der Waals surface area contributed by atoms with Gasteiger partial charge in [-0.2, -0.15) is 0 Å². The van der Waals surface area contributed by atoms with E-state index in [2.05, 4.69) is 19.1 Å². The highest BCUT2D eigenvalue weighted by Crippen LogP contribution is 2.16. The lowest BCUT2D eigenvalue weighted by Crippen LogP contribution is -2.54. The van der Waals surface area contributed by atoms with Crippen LogP contribution in [0.1, 0.15) is 90.4 Å². The zero-order valence-electron chi connectivity index (χ0n) is 17.9. The predicted molar refractivity (Wildman–Crippen MR) is 113 cm³/mol. The van der Waals surface area contributed by atoms with Crippen LogP contribution >= 0.6 is 0 Å². The number of aliphatic hydroxyl groups is 3. The second-order valence-corrected chi connectivity index (χ2v) is 8.08. The van der Waals surface area contributed by atoms with Gasteiger partial charge in [-0.25, -0.2) is 0 Å². The van der Waals surface area contributed by atoms with Crippen molar-refractivity contribution in [3.63, 3.8) is 0 Å². The second kappa shape index (κ2) is 17.4. The Balaban J connectivity index is 1.82. The summed E-state index contributed by atoms with van der Waals surface area (Å²) in [6.45, 7) is 3.19. The summed E-state index contributed by atoms with van der Waals surface area (Å²) < 4.78 is 10.9. The first kappa shape index (κ1) is 25.6. The first-order valence-electron chi connectivity index (χ1n) is 11.5. The average Bonchev–Trinajstić information content (AvgIpc) is 2.70.